The number of carbonyl (C=O) groups excluding carboxylic acids is 1. The van der Waals surface area contributed by atoms with Gasteiger partial charge in [0.2, 0.25) is 0 Å². The molecule has 0 fully saturated rings. The molecule has 92 valence electrons. The maximum Gasteiger partial charge on any atom is 0.305 e. The number of carboxylic acid groups (broad SMARTS) is 1. The van der Waals surface area contributed by atoms with Gasteiger partial charge in [0.05, 0.1) is 17.0 Å². The van der Waals surface area contributed by atoms with Crippen molar-refractivity contribution in [3.63, 3.8) is 0 Å². The van der Waals surface area contributed by atoms with Crippen molar-refractivity contribution in [3.8, 4) is 0 Å². The van der Waals surface area contributed by atoms with Crippen molar-refractivity contribution in [1.82, 2.24) is 4.90 Å². The van der Waals surface area contributed by atoms with Crippen LogP contribution in [-0.4, -0.2) is 35.5 Å². The number of carboxylic acids is 1. The summed E-state index contributed by atoms with van der Waals surface area (Å²) < 4.78 is 0. The fraction of sp³-hybridized carbons (Fsp3) is 0.273. The van der Waals surface area contributed by atoms with Crippen molar-refractivity contribution in [2.45, 2.75) is 6.42 Å². The summed E-state index contributed by atoms with van der Waals surface area (Å²) in [5, 5.41) is 9.22. The molecule has 0 unspecified atom stereocenters. The first-order valence-corrected chi connectivity index (χ1v) is 5.59. The molecule has 0 spiro atoms. The Morgan fingerprint density at radius 1 is 1.35 bits per heavy atom. The second kappa shape index (κ2) is 5.89. The minimum Gasteiger partial charge on any atom is -0.481 e. The van der Waals surface area contributed by atoms with Crippen LogP contribution in [0.4, 0.5) is 0 Å². The van der Waals surface area contributed by atoms with Crippen LogP contribution in [-0.2, 0) is 4.79 Å². The van der Waals surface area contributed by atoms with E-state index in [4.69, 9.17) is 28.3 Å². The van der Waals surface area contributed by atoms with Crippen LogP contribution in [0.15, 0.2) is 18.2 Å². The van der Waals surface area contributed by atoms with Crippen LogP contribution in [0.3, 0.4) is 0 Å². The van der Waals surface area contributed by atoms with E-state index in [0.717, 1.165) is 0 Å². The van der Waals surface area contributed by atoms with Gasteiger partial charge in [0.25, 0.3) is 5.91 Å². The average molecular weight is 276 g/mol. The van der Waals surface area contributed by atoms with Crippen molar-refractivity contribution in [1.29, 1.82) is 0 Å². The van der Waals surface area contributed by atoms with Crippen LogP contribution in [0.1, 0.15) is 16.8 Å². The quantitative estimate of drug-likeness (QED) is 0.919. The number of benzene rings is 1. The molecule has 0 radical (unpaired) electrons. The Balaban J connectivity index is 2.78. The third-order valence-corrected chi connectivity index (χ3v) is 2.72. The van der Waals surface area contributed by atoms with Crippen LogP contribution in [0.2, 0.25) is 10.0 Å². The predicted molar refractivity (Wildman–Crippen MR) is 65.7 cm³/mol. The van der Waals surface area contributed by atoms with Crippen LogP contribution in [0.5, 0.6) is 0 Å². The van der Waals surface area contributed by atoms with E-state index in [1.165, 1.54) is 24.1 Å². The Bertz CT molecular complexity index is 448. The Hall–Kier alpha value is -1.26. The molecule has 0 heterocycles. The Morgan fingerprint density at radius 3 is 2.53 bits per heavy atom. The zero-order chi connectivity index (χ0) is 13.0. The molecule has 0 aromatic heterocycles. The van der Waals surface area contributed by atoms with E-state index < -0.39 is 5.97 Å². The lowest BCUT2D eigenvalue weighted by atomic mass is 10.2. The molecule has 6 heteroatoms. The lowest BCUT2D eigenvalue weighted by Crippen LogP contribution is -2.29. The summed E-state index contributed by atoms with van der Waals surface area (Å²) in [7, 11) is 1.52. The third kappa shape index (κ3) is 3.91. The summed E-state index contributed by atoms with van der Waals surface area (Å²) in [5.41, 5.74) is 0.309. The van der Waals surface area contributed by atoms with Crippen LogP contribution in [0, 0.1) is 0 Å². The first-order valence-electron chi connectivity index (χ1n) is 4.84. The minimum absolute atomic E-state index is 0.104. The number of amides is 1. The van der Waals surface area contributed by atoms with Crippen molar-refractivity contribution >= 4 is 35.1 Å². The Labute approximate surface area is 109 Å². The summed E-state index contributed by atoms with van der Waals surface area (Å²) in [4.78, 5) is 23.6. The number of rotatable bonds is 4. The number of aliphatic carboxylic acids is 1. The van der Waals surface area contributed by atoms with Crippen molar-refractivity contribution < 1.29 is 14.7 Å². The molecule has 0 aliphatic heterocycles. The highest BCUT2D eigenvalue weighted by Gasteiger charge is 2.15. The molecule has 1 amide bonds. The largest absolute Gasteiger partial charge is 0.481 e. The molecule has 0 aliphatic rings. The standard InChI is InChI=1S/C11H11Cl2NO3/c1-14(5-4-10(15)16)11(17)8-3-2-7(12)6-9(8)13/h2-3,6H,4-5H2,1H3,(H,15,16). The minimum atomic E-state index is -0.952. The zero-order valence-electron chi connectivity index (χ0n) is 9.11. The third-order valence-electron chi connectivity index (χ3n) is 2.17. The Morgan fingerprint density at radius 2 is 2.00 bits per heavy atom. The number of carbonyl (C=O) groups is 2. The van der Waals surface area contributed by atoms with E-state index in [-0.39, 0.29) is 23.9 Å². The maximum atomic E-state index is 11.9. The summed E-state index contributed by atoms with van der Waals surface area (Å²) in [5.74, 6) is -1.28. The average Bonchev–Trinajstić information content (AvgIpc) is 2.25. The molecule has 4 nitrogen and oxygen atoms in total. The van der Waals surface area contributed by atoms with Gasteiger partial charge in [-0.1, -0.05) is 23.2 Å². The fourth-order valence-corrected chi connectivity index (χ4v) is 1.72. The first kappa shape index (κ1) is 13.8. The molecular weight excluding hydrogens is 265 g/mol. The van der Waals surface area contributed by atoms with Crippen molar-refractivity contribution in [2.75, 3.05) is 13.6 Å². The van der Waals surface area contributed by atoms with Gasteiger partial charge in [0.15, 0.2) is 0 Å². The monoisotopic (exact) mass is 275 g/mol. The number of hydrogen-bond acceptors (Lipinski definition) is 2. The molecule has 1 aromatic rings. The van der Waals surface area contributed by atoms with Crippen molar-refractivity contribution in [2.24, 2.45) is 0 Å². The summed E-state index contributed by atoms with van der Waals surface area (Å²) in [6, 6.07) is 4.55. The SMILES string of the molecule is CN(CCC(=O)O)C(=O)c1ccc(Cl)cc1Cl. The van der Waals surface area contributed by atoms with E-state index in [2.05, 4.69) is 0 Å². The highest BCUT2D eigenvalue weighted by atomic mass is 35.5. The molecule has 1 N–H and O–H groups in total. The highest BCUT2D eigenvalue weighted by Crippen LogP contribution is 2.22. The molecule has 17 heavy (non-hydrogen) atoms. The topological polar surface area (TPSA) is 57.6 Å². The van der Waals surface area contributed by atoms with E-state index in [0.29, 0.717) is 10.6 Å². The van der Waals surface area contributed by atoms with Gasteiger partial charge in [0.1, 0.15) is 0 Å². The summed E-state index contributed by atoms with van der Waals surface area (Å²) in [6.07, 6.45) is -0.104. The lowest BCUT2D eigenvalue weighted by Gasteiger charge is -2.16. The van der Waals surface area contributed by atoms with Crippen LogP contribution >= 0.6 is 23.2 Å². The molecule has 0 saturated heterocycles. The van der Waals surface area contributed by atoms with Gasteiger partial charge in [-0.2, -0.15) is 0 Å². The molecule has 0 saturated carbocycles. The van der Waals surface area contributed by atoms with Crippen LogP contribution < -0.4 is 0 Å². The number of nitrogens with zero attached hydrogens (tertiary/aromatic N) is 1. The smallest absolute Gasteiger partial charge is 0.305 e. The maximum absolute atomic E-state index is 11.9. The van der Waals surface area contributed by atoms with Gasteiger partial charge < -0.3 is 10.0 Å². The zero-order valence-corrected chi connectivity index (χ0v) is 10.6. The first-order chi connectivity index (χ1) is 7.91. The van der Waals surface area contributed by atoms with Gasteiger partial charge in [-0.05, 0) is 18.2 Å². The highest BCUT2D eigenvalue weighted by molar-refractivity contribution is 6.36. The van der Waals surface area contributed by atoms with Crippen LogP contribution in [0.25, 0.3) is 0 Å². The molecule has 1 aromatic carbocycles. The van der Waals surface area contributed by atoms with Gasteiger partial charge in [-0.15, -0.1) is 0 Å². The lowest BCUT2D eigenvalue weighted by molar-refractivity contribution is -0.137. The second-order valence-corrected chi connectivity index (χ2v) is 4.34. The molecule has 0 aliphatic carbocycles. The Kier molecular flexibility index (Phi) is 4.78. The van der Waals surface area contributed by atoms with Gasteiger partial charge in [0, 0.05) is 18.6 Å². The van der Waals surface area contributed by atoms with E-state index in [1.807, 2.05) is 0 Å². The van der Waals surface area contributed by atoms with Gasteiger partial charge >= 0.3 is 5.97 Å². The molecule has 0 bridgehead atoms. The summed E-state index contributed by atoms with van der Waals surface area (Å²) in [6.45, 7) is 0.132. The fourth-order valence-electron chi connectivity index (χ4n) is 1.23. The second-order valence-electron chi connectivity index (χ2n) is 3.49. The van der Waals surface area contributed by atoms with Crippen molar-refractivity contribution in [3.05, 3.63) is 33.8 Å². The normalized spacial score (nSPS) is 10.1. The van der Waals surface area contributed by atoms with E-state index in [1.54, 1.807) is 6.07 Å². The predicted octanol–water partition coefficient (Wildman–Crippen LogP) is 2.54. The molecule has 1 rings (SSSR count). The van der Waals surface area contributed by atoms with E-state index >= 15 is 0 Å². The molecule has 0 atom stereocenters. The van der Waals surface area contributed by atoms with Gasteiger partial charge in [-0.25, -0.2) is 0 Å². The van der Waals surface area contributed by atoms with Gasteiger partial charge in [-0.3, -0.25) is 9.59 Å². The molecular formula is C11H11Cl2NO3. The number of hydrogen-bond donors (Lipinski definition) is 1. The number of halogens is 2. The van der Waals surface area contributed by atoms with E-state index in [9.17, 15) is 9.59 Å². The summed E-state index contributed by atoms with van der Waals surface area (Å²) >= 11 is 11.6.